The summed E-state index contributed by atoms with van der Waals surface area (Å²) in [5.41, 5.74) is -0.500. The van der Waals surface area contributed by atoms with Crippen LogP contribution in [0.25, 0.3) is 0 Å². The topological polar surface area (TPSA) is 40.5 Å². The van der Waals surface area contributed by atoms with E-state index in [0.29, 0.717) is 10.1 Å². The first-order chi connectivity index (χ1) is 7.85. The summed E-state index contributed by atoms with van der Waals surface area (Å²) in [6.45, 7) is 11.6. The van der Waals surface area contributed by atoms with Gasteiger partial charge in [-0.2, -0.15) is 0 Å². The summed E-state index contributed by atoms with van der Waals surface area (Å²) in [6.07, 6.45) is 0.783. The van der Waals surface area contributed by atoms with Crippen molar-refractivity contribution in [3.63, 3.8) is 0 Å². The lowest BCUT2D eigenvalue weighted by Gasteiger charge is -2.22. The number of aliphatic hydroxyl groups is 2. The molecule has 4 heteroatoms. The largest absolute Gasteiger partial charge is 0.386 e. The Kier molecular flexibility index (Phi) is 6.42. The highest BCUT2D eigenvalue weighted by Gasteiger charge is 2.21. The predicted molar refractivity (Wildman–Crippen MR) is 78.8 cm³/mol. The van der Waals surface area contributed by atoms with Crippen molar-refractivity contribution in [1.82, 2.24) is 0 Å². The van der Waals surface area contributed by atoms with Crippen LogP contribution in [-0.4, -0.2) is 22.4 Å². The van der Waals surface area contributed by atoms with Crippen molar-refractivity contribution >= 4 is 23.2 Å². The number of allylic oxidation sites excluding steroid dienone is 2. The van der Waals surface area contributed by atoms with Crippen LogP contribution in [0.2, 0.25) is 0 Å². The van der Waals surface area contributed by atoms with Gasteiger partial charge in [-0.25, -0.2) is 0 Å². The van der Waals surface area contributed by atoms with E-state index < -0.39 is 12.2 Å². The Bertz CT molecular complexity index is 299. The summed E-state index contributed by atoms with van der Waals surface area (Å²) in [6, 6.07) is 0. The van der Waals surface area contributed by atoms with Crippen LogP contribution in [0.4, 0.5) is 0 Å². The smallest absolute Gasteiger partial charge is 0.103 e. The molecule has 0 saturated heterocycles. The Balaban J connectivity index is 4.89. The van der Waals surface area contributed by atoms with Crippen molar-refractivity contribution < 1.29 is 10.2 Å². The molecule has 2 atom stereocenters. The lowest BCUT2D eigenvalue weighted by atomic mass is 9.93. The normalized spacial score (nSPS) is 18.8. The van der Waals surface area contributed by atoms with Crippen LogP contribution in [0, 0.1) is 10.8 Å². The lowest BCUT2D eigenvalue weighted by Crippen LogP contribution is -2.24. The molecule has 2 nitrogen and oxygen atoms in total. The minimum absolute atomic E-state index is 0.250. The standard InChI is InChI=1S/C14H24Cl2O2/c1-13(2,3)11(15)7-9(17)10(18)8-12(16)14(4,5)6/h7-10,17-18H,1-6H3/b11-7-,12-8-/t9-,10-/m1/s1. The van der Waals surface area contributed by atoms with Gasteiger partial charge in [0.1, 0.15) is 12.2 Å². The molecule has 0 aromatic heterocycles. The van der Waals surface area contributed by atoms with Crippen LogP contribution < -0.4 is 0 Å². The molecule has 0 saturated carbocycles. The Morgan fingerprint density at radius 3 is 1.17 bits per heavy atom. The second-order valence-electron chi connectivity index (χ2n) is 6.51. The summed E-state index contributed by atoms with van der Waals surface area (Å²) in [4.78, 5) is 0. The van der Waals surface area contributed by atoms with Gasteiger partial charge in [0.25, 0.3) is 0 Å². The van der Waals surface area contributed by atoms with Gasteiger partial charge >= 0.3 is 0 Å². The number of hydrogen-bond donors (Lipinski definition) is 2. The predicted octanol–water partition coefficient (Wildman–Crippen LogP) is 4.05. The van der Waals surface area contributed by atoms with Gasteiger partial charge in [0.15, 0.2) is 0 Å². The fourth-order valence-corrected chi connectivity index (χ4v) is 1.26. The second kappa shape index (κ2) is 6.42. The number of hydrogen-bond acceptors (Lipinski definition) is 2. The van der Waals surface area contributed by atoms with Crippen LogP contribution in [0.3, 0.4) is 0 Å². The van der Waals surface area contributed by atoms with Gasteiger partial charge in [0.05, 0.1) is 0 Å². The van der Waals surface area contributed by atoms with Crippen molar-refractivity contribution in [3.8, 4) is 0 Å². The van der Waals surface area contributed by atoms with Gasteiger partial charge in [-0.05, 0) is 23.0 Å². The highest BCUT2D eigenvalue weighted by molar-refractivity contribution is 6.30. The van der Waals surface area contributed by atoms with Gasteiger partial charge in [-0.15, -0.1) is 0 Å². The first-order valence-corrected chi connectivity index (χ1v) is 6.73. The highest BCUT2D eigenvalue weighted by Crippen LogP contribution is 2.31. The molecule has 0 aromatic carbocycles. The van der Waals surface area contributed by atoms with E-state index in [1.807, 2.05) is 41.5 Å². The summed E-state index contributed by atoms with van der Waals surface area (Å²) in [5.74, 6) is 0. The molecule has 106 valence electrons. The van der Waals surface area contributed by atoms with Crippen LogP contribution in [0.1, 0.15) is 41.5 Å². The Morgan fingerprint density at radius 2 is 1.00 bits per heavy atom. The van der Waals surface area contributed by atoms with Crippen molar-refractivity contribution in [1.29, 1.82) is 0 Å². The number of aliphatic hydroxyl groups excluding tert-OH is 2. The Morgan fingerprint density at radius 1 is 0.778 bits per heavy atom. The summed E-state index contributed by atoms with van der Waals surface area (Å²) in [5, 5.41) is 20.7. The molecule has 0 aliphatic heterocycles. The molecule has 0 aromatic rings. The zero-order valence-corrected chi connectivity index (χ0v) is 13.5. The van der Waals surface area contributed by atoms with Crippen LogP contribution in [0.15, 0.2) is 22.2 Å². The van der Waals surface area contributed by atoms with E-state index in [1.54, 1.807) is 0 Å². The third-order valence-electron chi connectivity index (χ3n) is 2.42. The Labute approximate surface area is 120 Å². The first-order valence-electron chi connectivity index (χ1n) is 5.97. The molecule has 0 radical (unpaired) electrons. The van der Waals surface area contributed by atoms with E-state index in [-0.39, 0.29) is 10.8 Å². The highest BCUT2D eigenvalue weighted by atomic mass is 35.5. The third kappa shape index (κ3) is 6.24. The van der Waals surface area contributed by atoms with Gasteiger partial charge in [-0.3, -0.25) is 0 Å². The first kappa shape index (κ1) is 18.0. The zero-order valence-electron chi connectivity index (χ0n) is 12.0. The van der Waals surface area contributed by atoms with Crippen LogP contribution in [0.5, 0.6) is 0 Å². The maximum Gasteiger partial charge on any atom is 0.103 e. The van der Waals surface area contributed by atoms with Crippen molar-refractivity contribution in [3.05, 3.63) is 22.2 Å². The molecule has 18 heavy (non-hydrogen) atoms. The molecule has 0 fully saturated rings. The fraction of sp³-hybridized carbons (Fsp3) is 0.714. The van der Waals surface area contributed by atoms with Gasteiger partial charge in [0.2, 0.25) is 0 Å². The van der Waals surface area contributed by atoms with Crippen LogP contribution >= 0.6 is 23.2 Å². The maximum absolute atomic E-state index is 9.85. The second-order valence-corrected chi connectivity index (χ2v) is 7.32. The molecule has 0 rings (SSSR count). The fourth-order valence-electron chi connectivity index (χ4n) is 0.997. The van der Waals surface area contributed by atoms with Crippen molar-refractivity contribution in [2.75, 3.05) is 0 Å². The SMILES string of the molecule is CC(C)(C)/C(Cl)=C/[C@@H](O)[C@H](O)/C=C(\Cl)C(C)(C)C. The minimum atomic E-state index is -1.06. The Hall–Kier alpha value is -0.0200. The van der Waals surface area contributed by atoms with E-state index in [9.17, 15) is 10.2 Å². The molecule has 0 amide bonds. The average molecular weight is 295 g/mol. The molecule has 0 aliphatic rings. The van der Waals surface area contributed by atoms with E-state index in [1.165, 1.54) is 12.2 Å². The summed E-state index contributed by atoms with van der Waals surface area (Å²) >= 11 is 12.1. The molecule has 2 N–H and O–H groups in total. The number of rotatable bonds is 3. The maximum atomic E-state index is 9.85. The van der Waals surface area contributed by atoms with E-state index in [2.05, 4.69) is 0 Å². The molecule has 0 aliphatic carbocycles. The van der Waals surface area contributed by atoms with E-state index in [4.69, 9.17) is 23.2 Å². The van der Waals surface area contributed by atoms with E-state index in [0.717, 1.165) is 0 Å². The van der Waals surface area contributed by atoms with Crippen LogP contribution in [-0.2, 0) is 0 Å². The molecular weight excluding hydrogens is 271 g/mol. The van der Waals surface area contributed by atoms with Gasteiger partial charge < -0.3 is 10.2 Å². The average Bonchev–Trinajstić information content (AvgIpc) is 2.14. The minimum Gasteiger partial charge on any atom is -0.386 e. The van der Waals surface area contributed by atoms with Crippen molar-refractivity contribution in [2.24, 2.45) is 10.8 Å². The molecular formula is C14H24Cl2O2. The monoisotopic (exact) mass is 294 g/mol. The molecule has 0 bridgehead atoms. The molecule has 0 heterocycles. The third-order valence-corrected chi connectivity index (χ3v) is 3.80. The van der Waals surface area contributed by atoms with Gasteiger partial charge in [0, 0.05) is 10.1 Å². The quantitative estimate of drug-likeness (QED) is 0.824. The molecule has 0 spiro atoms. The molecule has 0 unspecified atom stereocenters. The lowest BCUT2D eigenvalue weighted by molar-refractivity contribution is 0.0792. The van der Waals surface area contributed by atoms with E-state index >= 15 is 0 Å². The zero-order chi connectivity index (χ0) is 14.7. The summed E-state index contributed by atoms with van der Waals surface area (Å²) < 4.78 is 0. The van der Waals surface area contributed by atoms with Crippen molar-refractivity contribution in [2.45, 2.75) is 53.8 Å². The van der Waals surface area contributed by atoms with Gasteiger partial charge in [-0.1, -0.05) is 64.7 Å². The summed E-state index contributed by atoms with van der Waals surface area (Å²) in [7, 11) is 0. The number of halogens is 2.